The van der Waals surface area contributed by atoms with Crippen LogP contribution in [-0.4, -0.2) is 72.2 Å². The maximum absolute atomic E-state index is 13.8. The summed E-state index contributed by atoms with van der Waals surface area (Å²) in [6.07, 6.45) is 1.31. The number of aromatic amines is 1. The highest BCUT2D eigenvalue weighted by molar-refractivity contribution is 5.97. The van der Waals surface area contributed by atoms with Gasteiger partial charge in [0.15, 0.2) is 11.5 Å². The number of H-pyrrole nitrogens is 1. The van der Waals surface area contributed by atoms with Gasteiger partial charge in [0.05, 0.1) is 32.4 Å². The summed E-state index contributed by atoms with van der Waals surface area (Å²) in [6.45, 7) is 7.56. The van der Waals surface area contributed by atoms with Crippen LogP contribution in [0.4, 0.5) is 0 Å². The fraction of sp³-hybridized carbons (Fsp3) is 0.448. The van der Waals surface area contributed by atoms with Crippen LogP contribution in [0, 0.1) is 0 Å². The molecule has 2 aliphatic heterocycles. The van der Waals surface area contributed by atoms with Crippen LogP contribution in [0.25, 0.3) is 10.9 Å². The van der Waals surface area contributed by atoms with Crippen LogP contribution in [0.5, 0.6) is 11.5 Å². The third kappa shape index (κ3) is 4.66. The Kier molecular flexibility index (Phi) is 7.11. The second-order valence-electron chi connectivity index (χ2n) is 9.86. The molecule has 8 nitrogen and oxygen atoms in total. The Morgan fingerprint density at radius 3 is 2.68 bits per heavy atom. The molecule has 3 aromatic rings. The number of hydrogen-bond donors (Lipinski definition) is 1. The molecule has 3 heterocycles. The zero-order chi connectivity index (χ0) is 26.1. The van der Waals surface area contributed by atoms with Crippen LogP contribution in [0.3, 0.4) is 0 Å². The second-order valence-corrected chi connectivity index (χ2v) is 9.86. The Morgan fingerprint density at radius 2 is 1.92 bits per heavy atom. The number of benzene rings is 2. The van der Waals surface area contributed by atoms with Crippen molar-refractivity contribution >= 4 is 22.7 Å². The molecule has 0 unspecified atom stereocenters. The fourth-order valence-electron chi connectivity index (χ4n) is 5.56. The lowest BCUT2D eigenvalue weighted by Crippen LogP contribution is -2.63. The highest BCUT2D eigenvalue weighted by Gasteiger charge is 2.48. The quantitative estimate of drug-likeness (QED) is 0.443. The van der Waals surface area contributed by atoms with E-state index in [4.69, 9.17) is 14.2 Å². The molecule has 2 atom stereocenters. The van der Waals surface area contributed by atoms with Crippen LogP contribution in [0.2, 0.25) is 0 Å². The number of amides is 2. The number of methoxy groups -OCH3 is 1. The van der Waals surface area contributed by atoms with Crippen molar-refractivity contribution in [3.05, 3.63) is 59.3 Å². The summed E-state index contributed by atoms with van der Waals surface area (Å²) in [5.41, 5.74) is 3.90. The lowest BCUT2D eigenvalue weighted by molar-refractivity contribution is -0.158. The number of rotatable bonds is 9. The Balaban J connectivity index is 1.55. The van der Waals surface area contributed by atoms with E-state index >= 15 is 0 Å². The van der Waals surface area contributed by atoms with Crippen LogP contribution in [-0.2, 0) is 20.7 Å². The van der Waals surface area contributed by atoms with E-state index < -0.39 is 12.1 Å². The van der Waals surface area contributed by atoms with E-state index in [1.807, 2.05) is 57.2 Å². The van der Waals surface area contributed by atoms with Crippen molar-refractivity contribution in [3.8, 4) is 11.5 Å². The molecule has 8 heteroatoms. The average molecular weight is 506 g/mol. The van der Waals surface area contributed by atoms with Crippen molar-refractivity contribution in [2.24, 2.45) is 0 Å². The third-order valence-corrected chi connectivity index (χ3v) is 7.17. The molecule has 196 valence electrons. The van der Waals surface area contributed by atoms with Gasteiger partial charge < -0.3 is 29.0 Å². The van der Waals surface area contributed by atoms with Gasteiger partial charge in [0.1, 0.15) is 6.04 Å². The molecule has 2 aromatic carbocycles. The van der Waals surface area contributed by atoms with Crippen molar-refractivity contribution in [2.45, 2.75) is 51.8 Å². The topological polar surface area (TPSA) is 84.1 Å². The van der Waals surface area contributed by atoms with Gasteiger partial charge in [-0.05, 0) is 56.5 Å². The lowest BCUT2D eigenvalue weighted by atomic mass is 9.86. The predicted octanol–water partition coefficient (Wildman–Crippen LogP) is 4.08. The number of ether oxygens (including phenoxy) is 3. The molecular formula is C29H35N3O5. The molecule has 5 rings (SSSR count). The summed E-state index contributed by atoms with van der Waals surface area (Å²) in [5.74, 6) is 1.18. The molecule has 2 aliphatic rings. The smallest absolute Gasteiger partial charge is 0.246 e. The van der Waals surface area contributed by atoms with Crippen LogP contribution < -0.4 is 9.47 Å². The Hall–Kier alpha value is -3.52. The number of nitrogens with one attached hydrogen (secondary N) is 1. The predicted molar refractivity (Wildman–Crippen MR) is 141 cm³/mol. The standard InChI is InChI=1S/C29H35N3O5/c1-5-36-24-12-11-19(15-25(24)35-4)28-27-21(20-9-6-7-10-22(20)30-27)16-23-29(34)31(17-26(33)32(23)28)13-8-14-37-18(2)3/h6-7,9-12,15,18,23,28,30H,5,8,13-14,16-17H2,1-4H3/t23-,28-/m0/s1. The molecule has 37 heavy (non-hydrogen) atoms. The highest BCUT2D eigenvalue weighted by atomic mass is 16.5. The molecule has 1 fully saturated rings. The van der Waals surface area contributed by atoms with E-state index in [9.17, 15) is 9.59 Å². The lowest BCUT2D eigenvalue weighted by Gasteiger charge is -2.47. The van der Waals surface area contributed by atoms with E-state index in [2.05, 4.69) is 11.1 Å². The van der Waals surface area contributed by atoms with Crippen molar-refractivity contribution in [1.29, 1.82) is 0 Å². The minimum absolute atomic E-state index is 0.0111. The van der Waals surface area contributed by atoms with Gasteiger partial charge in [0.2, 0.25) is 11.8 Å². The van der Waals surface area contributed by atoms with Gasteiger partial charge in [-0.1, -0.05) is 24.3 Å². The van der Waals surface area contributed by atoms with E-state index in [0.29, 0.717) is 44.1 Å². The zero-order valence-corrected chi connectivity index (χ0v) is 22.0. The van der Waals surface area contributed by atoms with Crippen molar-refractivity contribution in [1.82, 2.24) is 14.8 Å². The zero-order valence-electron chi connectivity index (χ0n) is 22.0. The monoisotopic (exact) mass is 505 g/mol. The van der Waals surface area contributed by atoms with E-state index in [0.717, 1.165) is 27.7 Å². The minimum atomic E-state index is -0.568. The largest absolute Gasteiger partial charge is 0.493 e. The van der Waals surface area contributed by atoms with E-state index in [1.54, 1.807) is 16.9 Å². The summed E-state index contributed by atoms with van der Waals surface area (Å²) in [5, 5.41) is 1.09. The normalized spacial score (nSPS) is 19.4. The molecular weight excluding hydrogens is 470 g/mol. The Morgan fingerprint density at radius 1 is 1.11 bits per heavy atom. The molecule has 1 saturated heterocycles. The molecule has 1 N–H and O–H groups in total. The Bertz CT molecular complexity index is 1300. The van der Waals surface area contributed by atoms with Gasteiger partial charge in [-0.2, -0.15) is 0 Å². The number of fused-ring (bicyclic) bond motifs is 4. The molecule has 0 radical (unpaired) electrons. The summed E-state index contributed by atoms with van der Waals surface area (Å²) in [4.78, 5) is 34.5. The maximum atomic E-state index is 13.8. The van der Waals surface area contributed by atoms with Crippen molar-refractivity contribution < 1.29 is 23.8 Å². The van der Waals surface area contributed by atoms with Gasteiger partial charge in [0.25, 0.3) is 0 Å². The number of piperazine rings is 1. The molecule has 2 amide bonds. The summed E-state index contributed by atoms with van der Waals surface area (Å²) in [7, 11) is 1.61. The van der Waals surface area contributed by atoms with Gasteiger partial charge in [0, 0.05) is 36.2 Å². The van der Waals surface area contributed by atoms with Gasteiger partial charge >= 0.3 is 0 Å². The summed E-state index contributed by atoms with van der Waals surface area (Å²) >= 11 is 0. The first-order valence-electron chi connectivity index (χ1n) is 13.0. The van der Waals surface area contributed by atoms with Crippen molar-refractivity contribution in [2.75, 3.05) is 33.4 Å². The molecule has 0 spiro atoms. The summed E-state index contributed by atoms with van der Waals surface area (Å²) in [6, 6.07) is 12.9. The van der Waals surface area contributed by atoms with E-state index in [-0.39, 0.29) is 24.5 Å². The van der Waals surface area contributed by atoms with Gasteiger partial charge in [-0.25, -0.2) is 0 Å². The number of para-hydroxylation sites is 1. The number of carbonyl (C=O) groups is 2. The first kappa shape index (κ1) is 25.1. The number of aromatic nitrogens is 1. The minimum Gasteiger partial charge on any atom is -0.493 e. The number of nitrogens with zero attached hydrogens (tertiary/aromatic N) is 2. The van der Waals surface area contributed by atoms with Gasteiger partial charge in [-0.15, -0.1) is 0 Å². The fourth-order valence-corrected chi connectivity index (χ4v) is 5.56. The highest BCUT2D eigenvalue weighted by Crippen LogP contribution is 2.44. The van der Waals surface area contributed by atoms with Crippen LogP contribution in [0.15, 0.2) is 42.5 Å². The average Bonchev–Trinajstić information content (AvgIpc) is 3.27. The third-order valence-electron chi connectivity index (χ3n) is 7.17. The first-order valence-corrected chi connectivity index (χ1v) is 13.0. The first-order chi connectivity index (χ1) is 17.9. The molecule has 1 aromatic heterocycles. The van der Waals surface area contributed by atoms with Gasteiger partial charge in [-0.3, -0.25) is 9.59 Å². The van der Waals surface area contributed by atoms with E-state index in [1.165, 1.54) is 0 Å². The number of carbonyl (C=O) groups excluding carboxylic acids is 2. The molecule has 0 bridgehead atoms. The van der Waals surface area contributed by atoms with Crippen LogP contribution in [0.1, 0.15) is 50.1 Å². The molecule has 0 aliphatic carbocycles. The SMILES string of the molecule is CCOc1ccc([C@H]2c3[nH]c4ccccc4c3C[C@H]3C(=O)N(CCCOC(C)C)CC(=O)N23)cc1OC. The Labute approximate surface area is 217 Å². The molecule has 0 saturated carbocycles. The summed E-state index contributed by atoms with van der Waals surface area (Å²) < 4.78 is 17.0. The number of hydrogen-bond acceptors (Lipinski definition) is 5. The maximum Gasteiger partial charge on any atom is 0.246 e. The second kappa shape index (κ2) is 10.5. The van der Waals surface area contributed by atoms with Crippen LogP contribution >= 0.6 is 0 Å². The van der Waals surface area contributed by atoms with Crippen molar-refractivity contribution in [3.63, 3.8) is 0 Å².